The fourth-order valence-electron chi connectivity index (χ4n) is 3.94. The number of aryl methyl sites for hydroxylation is 2. The fraction of sp³-hybridized carbons (Fsp3) is 0.318. The number of piperidine rings is 1. The molecular weight excluding hydrogens is 410 g/mol. The molecule has 0 spiro atoms. The number of hydrogen-bond donors (Lipinski definition) is 1. The average molecular weight is 434 g/mol. The van der Waals surface area contributed by atoms with Crippen LogP contribution in [0.1, 0.15) is 24.2 Å². The van der Waals surface area contributed by atoms with Gasteiger partial charge in [-0.2, -0.15) is 4.98 Å². The van der Waals surface area contributed by atoms with Crippen LogP contribution < -0.4 is 10.2 Å². The van der Waals surface area contributed by atoms with Crippen molar-refractivity contribution in [2.45, 2.75) is 26.7 Å². The Labute approximate surface area is 184 Å². The van der Waals surface area contributed by atoms with E-state index in [1.165, 1.54) is 11.3 Å². The predicted octanol–water partition coefficient (Wildman–Crippen LogP) is 3.72. The summed E-state index contributed by atoms with van der Waals surface area (Å²) >= 11 is 1.51. The quantitative estimate of drug-likeness (QED) is 0.528. The van der Waals surface area contributed by atoms with Crippen molar-refractivity contribution < 1.29 is 4.79 Å². The molecule has 4 aromatic rings. The molecule has 9 heteroatoms. The van der Waals surface area contributed by atoms with E-state index in [4.69, 9.17) is 0 Å². The van der Waals surface area contributed by atoms with E-state index in [-0.39, 0.29) is 11.8 Å². The second-order valence-electron chi connectivity index (χ2n) is 7.82. The molecule has 1 fully saturated rings. The first-order valence-corrected chi connectivity index (χ1v) is 11.2. The van der Waals surface area contributed by atoms with E-state index in [1.807, 2.05) is 55.6 Å². The van der Waals surface area contributed by atoms with Crippen LogP contribution in [0.5, 0.6) is 0 Å². The number of anilines is 2. The maximum absolute atomic E-state index is 12.8. The highest BCUT2D eigenvalue weighted by molar-refractivity contribution is 7.15. The lowest BCUT2D eigenvalue weighted by atomic mass is 9.96. The number of fused-ring (bicyclic) bond motifs is 1. The highest BCUT2D eigenvalue weighted by Gasteiger charge is 2.27. The summed E-state index contributed by atoms with van der Waals surface area (Å²) in [6, 6.07) is 12.0. The summed E-state index contributed by atoms with van der Waals surface area (Å²) in [5.74, 6) is 1.01. The molecule has 0 aliphatic carbocycles. The smallest absolute Gasteiger partial charge is 0.250 e. The zero-order valence-electron chi connectivity index (χ0n) is 17.4. The minimum Gasteiger partial charge on any atom is -0.341 e. The van der Waals surface area contributed by atoms with Gasteiger partial charge in [0.05, 0.1) is 5.69 Å². The second-order valence-corrected chi connectivity index (χ2v) is 8.65. The molecule has 1 N–H and O–H groups in total. The van der Waals surface area contributed by atoms with Gasteiger partial charge in [-0.3, -0.25) is 10.1 Å². The standard InChI is InChI=1S/C22H23N7OS/c1-14-12-15(2)24-21(23-14)28-10-8-17(9-11-28)19(30)25-20-26-22-29(27-20)18(13-31-22)16-6-4-3-5-7-16/h3-7,12-13,17H,8-11H2,1-2H3,(H,25,27,30). The van der Waals surface area contributed by atoms with Crippen LogP contribution in [0.25, 0.3) is 16.2 Å². The van der Waals surface area contributed by atoms with Gasteiger partial charge >= 0.3 is 0 Å². The highest BCUT2D eigenvalue weighted by atomic mass is 32.1. The Morgan fingerprint density at radius 1 is 1.06 bits per heavy atom. The van der Waals surface area contributed by atoms with E-state index < -0.39 is 0 Å². The molecule has 0 saturated carbocycles. The summed E-state index contributed by atoms with van der Waals surface area (Å²) in [4.78, 5) is 29.3. The molecule has 1 saturated heterocycles. The van der Waals surface area contributed by atoms with Crippen LogP contribution in [-0.2, 0) is 4.79 Å². The van der Waals surface area contributed by atoms with Crippen molar-refractivity contribution in [3.63, 3.8) is 0 Å². The summed E-state index contributed by atoms with van der Waals surface area (Å²) in [6.45, 7) is 5.46. The first-order chi connectivity index (χ1) is 15.1. The number of nitrogens with zero attached hydrogens (tertiary/aromatic N) is 6. The highest BCUT2D eigenvalue weighted by Crippen LogP contribution is 2.26. The van der Waals surface area contributed by atoms with Gasteiger partial charge in [-0.15, -0.1) is 16.4 Å². The second kappa shape index (κ2) is 8.07. The zero-order chi connectivity index (χ0) is 21.4. The third kappa shape index (κ3) is 4.00. The summed E-state index contributed by atoms with van der Waals surface area (Å²) in [5, 5.41) is 9.46. The first-order valence-electron chi connectivity index (χ1n) is 10.3. The summed E-state index contributed by atoms with van der Waals surface area (Å²) in [5.41, 5.74) is 3.96. The topological polar surface area (TPSA) is 88.3 Å². The van der Waals surface area contributed by atoms with Gasteiger partial charge in [-0.05, 0) is 32.8 Å². The SMILES string of the molecule is Cc1cc(C)nc(N2CCC(C(=O)Nc3nc4scc(-c5ccccc5)n4n3)CC2)n1. The third-order valence-electron chi connectivity index (χ3n) is 5.51. The van der Waals surface area contributed by atoms with E-state index in [0.29, 0.717) is 5.95 Å². The van der Waals surface area contributed by atoms with E-state index in [9.17, 15) is 4.79 Å². The van der Waals surface area contributed by atoms with Crippen LogP contribution in [0.15, 0.2) is 41.8 Å². The van der Waals surface area contributed by atoms with Gasteiger partial charge in [0.1, 0.15) is 0 Å². The predicted molar refractivity (Wildman–Crippen MR) is 121 cm³/mol. The molecule has 5 rings (SSSR count). The van der Waals surface area contributed by atoms with Gasteiger partial charge in [0, 0.05) is 41.3 Å². The molecule has 31 heavy (non-hydrogen) atoms. The molecule has 0 atom stereocenters. The first kappa shape index (κ1) is 19.6. The van der Waals surface area contributed by atoms with Crippen molar-refractivity contribution in [3.05, 3.63) is 53.2 Å². The van der Waals surface area contributed by atoms with Crippen LogP contribution in [0, 0.1) is 19.8 Å². The number of benzene rings is 1. The lowest BCUT2D eigenvalue weighted by Gasteiger charge is -2.31. The van der Waals surface area contributed by atoms with Crippen LogP contribution in [-0.4, -0.2) is 43.6 Å². The van der Waals surface area contributed by atoms with Crippen LogP contribution in [0.4, 0.5) is 11.9 Å². The normalized spacial score (nSPS) is 14.8. The monoisotopic (exact) mass is 433 g/mol. The van der Waals surface area contributed by atoms with Crippen LogP contribution in [0.3, 0.4) is 0 Å². The van der Waals surface area contributed by atoms with Gasteiger partial charge in [-0.1, -0.05) is 30.3 Å². The van der Waals surface area contributed by atoms with Gasteiger partial charge in [0.15, 0.2) is 0 Å². The van der Waals surface area contributed by atoms with Crippen molar-refractivity contribution >= 4 is 34.1 Å². The average Bonchev–Trinajstić information content (AvgIpc) is 3.34. The molecule has 1 aliphatic rings. The number of hydrogen-bond acceptors (Lipinski definition) is 7. The van der Waals surface area contributed by atoms with Crippen molar-refractivity contribution in [2.75, 3.05) is 23.3 Å². The number of amides is 1. The van der Waals surface area contributed by atoms with Gasteiger partial charge in [-0.25, -0.2) is 14.5 Å². The molecule has 0 bridgehead atoms. The molecule has 0 unspecified atom stereocenters. The van der Waals surface area contributed by atoms with Gasteiger partial charge in [0.2, 0.25) is 22.8 Å². The number of carbonyl (C=O) groups is 1. The lowest BCUT2D eigenvalue weighted by molar-refractivity contribution is -0.120. The molecule has 4 heterocycles. The Morgan fingerprint density at radius 2 is 1.77 bits per heavy atom. The molecule has 8 nitrogen and oxygen atoms in total. The van der Waals surface area contributed by atoms with Gasteiger partial charge < -0.3 is 4.90 Å². The van der Waals surface area contributed by atoms with Crippen LogP contribution >= 0.6 is 11.3 Å². The summed E-state index contributed by atoms with van der Waals surface area (Å²) in [6.07, 6.45) is 1.50. The number of aromatic nitrogens is 5. The largest absolute Gasteiger partial charge is 0.341 e. The minimum atomic E-state index is -0.0720. The van der Waals surface area contributed by atoms with Gasteiger partial charge in [0.25, 0.3) is 0 Å². The number of thiazole rings is 1. The third-order valence-corrected chi connectivity index (χ3v) is 6.32. The Kier molecular flexibility index (Phi) is 5.11. The van der Waals surface area contributed by atoms with Crippen molar-refractivity contribution in [1.29, 1.82) is 0 Å². The maximum atomic E-state index is 12.8. The number of rotatable bonds is 4. The molecule has 0 radical (unpaired) electrons. The molecule has 3 aromatic heterocycles. The molecule has 1 amide bonds. The van der Waals surface area contributed by atoms with Crippen molar-refractivity contribution in [2.24, 2.45) is 5.92 Å². The number of nitrogens with one attached hydrogen (secondary N) is 1. The molecule has 1 aromatic carbocycles. The lowest BCUT2D eigenvalue weighted by Crippen LogP contribution is -2.39. The van der Waals surface area contributed by atoms with E-state index in [1.54, 1.807) is 4.52 Å². The Morgan fingerprint density at radius 3 is 2.48 bits per heavy atom. The van der Waals surface area contributed by atoms with E-state index >= 15 is 0 Å². The van der Waals surface area contributed by atoms with E-state index in [0.717, 1.165) is 59.5 Å². The summed E-state index contributed by atoms with van der Waals surface area (Å²) < 4.78 is 1.79. The Bertz CT molecular complexity index is 1210. The molecule has 1 aliphatic heterocycles. The Balaban J connectivity index is 1.25. The number of carbonyl (C=O) groups excluding carboxylic acids is 1. The molecular formula is C22H23N7OS. The van der Waals surface area contributed by atoms with Crippen molar-refractivity contribution in [1.82, 2.24) is 24.6 Å². The zero-order valence-corrected chi connectivity index (χ0v) is 18.3. The maximum Gasteiger partial charge on any atom is 0.250 e. The minimum absolute atomic E-state index is 0.0273. The Hall–Kier alpha value is -3.33. The molecule has 158 valence electrons. The fourth-order valence-corrected chi connectivity index (χ4v) is 4.78. The van der Waals surface area contributed by atoms with E-state index in [2.05, 4.69) is 30.3 Å². The van der Waals surface area contributed by atoms with Crippen LogP contribution in [0.2, 0.25) is 0 Å². The van der Waals surface area contributed by atoms with Crippen molar-refractivity contribution in [3.8, 4) is 11.3 Å². The summed E-state index contributed by atoms with van der Waals surface area (Å²) in [7, 11) is 0.